The Bertz CT molecular complexity index is 492. The van der Waals surface area contributed by atoms with Gasteiger partial charge in [0, 0.05) is 6.07 Å². The number of hydrogen-bond acceptors (Lipinski definition) is 4. The molecule has 0 aliphatic heterocycles. The van der Waals surface area contributed by atoms with Crippen molar-refractivity contribution in [1.29, 1.82) is 0 Å². The molecule has 1 aromatic heterocycles. The number of nitrogens with zero attached hydrogens (tertiary/aromatic N) is 1. The highest BCUT2D eigenvalue weighted by Crippen LogP contribution is 2.58. The summed E-state index contributed by atoms with van der Waals surface area (Å²) in [7, 11) is 0. The van der Waals surface area contributed by atoms with Crippen molar-refractivity contribution in [2.24, 2.45) is 17.3 Å². The van der Waals surface area contributed by atoms with E-state index in [1.807, 2.05) is 0 Å². The van der Waals surface area contributed by atoms with Crippen LogP contribution in [0.1, 0.15) is 25.3 Å². The zero-order chi connectivity index (χ0) is 13.5. The van der Waals surface area contributed by atoms with E-state index in [0.717, 1.165) is 5.69 Å². The monoisotopic (exact) mass is 252 g/mol. The Morgan fingerprint density at radius 3 is 2.61 bits per heavy atom. The first-order valence-electron chi connectivity index (χ1n) is 5.76. The maximum Gasteiger partial charge on any atom is 0.307 e. The summed E-state index contributed by atoms with van der Waals surface area (Å²) in [6.07, 6.45) is 0. The zero-order valence-corrected chi connectivity index (χ0v) is 10.6. The van der Waals surface area contributed by atoms with Gasteiger partial charge in [-0.2, -0.15) is 0 Å². The minimum Gasteiger partial charge on any atom is -0.481 e. The van der Waals surface area contributed by atoms with E-state index in [2.05, 4.69) is 10.5 Å². The molecule has 6 heteroatoms. The van der Waals surface area contributed by atoms with Gasteiger partial charge in [-0.05, 0) is 12.3 Å². The number of aliphatic carboxylic acids is 1. The summed E-state index contributed by atoms with van der Waals surface area (Å²) in [6, 6.07) is 1.73. The van der Waals surface area contributed by atoms with Gasteiger partial charge in [-0.25, -0.2) is 0 Å². The van der Waals surface area contributed by atoms with Crippen LogP contribution in [0.15, 0.2) is 10.6 Å². The van der Waals surface area contributed by atoms with E-state index in [-0.39, 0.29) is 12.5 Å². The molecule has 0 aromatic carbocycles. The Kier molecular flexibility index (Phi) is 2.88. The van der Waals surface area contributed by atoms with Gasteiger partial charge in [0.2, 0.25) is 5.91 Å². The molecule has 0 saturated heterocycles. The maximum atomic E-state index is 11.9. The molecule has 0 spiro atoms. The number of carbonyl (C=O) groups is 2. The predicted octanol–water partition coefficient (Wildman–Crippen LogP) is 0.956. The number of carboxylic acid groups (broad SMARTS) is 1. The van der Waals surface area contributed by atoms with Gasteiger partial charge < -0.3 is 14.9 Å². The van der Waals surface area contributed by atoms with Crippen LogP contribution in [-0.4, -0.2) is 22.1 Å². The third-order valence-electron chi connectivity index (χ3n) is 3.49. The quantitative estimate of drug-likeness (QED) is 0.832. The Labute approximate surface area is 104 Å². The number of hydrogen-bond donors (Lipinski definition) is 2. The largest absolute Gasteiger partial charge is 0.481 e. The molecule has 2 atom stereocenters. The van der Waals surface area contributed by atoms with Crippen LogP contribution in [0.3, 0.4) is 0 Å². The summed E-state index contributed by atoms with van der Waals surface area (Å²) in [5.41, 5.74) is 0.266. The first-order chi connectivity index (χ1) is 8.34. The van der Waals surface area contributed by atoms with Crippen molar-refractivity contribution in [3.63, 3.8) is 0 Å². The summed E-state index contributed by atoms with van der Waals surface area (Å²) >= 11 is 0. The smallest absolute Gasteiger partial charge is 0.307 e. The van der Waals surface area contributed by atoms with Crippen molar-refractivity contribution in [2.75, 3.05) is 0 Å². The van der Waals surface area contributed by atoms with Gasteiger partial charge in [-0.1, -0.05) is 19.0 Å². The molecule has 18 heavy (non-hydrogen) atoms. The molecule has 0 bridgehead atoms. The van der Waals surface area contributed by atoms with Crippen molar-refractivity contribution < 1.29 is 19.2 Å². The average Bonchev–Trinajstić information content (AvgIpc) is 2.63. The third-order valence-corrected chi connectivity index (χ3v) is 3.49. The fourth-order valence-corrected chi connectivity index (χ4v) is 2.37. The molecular weight excluding hydrogens is 236 g/mol. The normalized spacial score (nSPS) is 24.6. The van der Waals surface area contributed by atoms with E-state index >= 15 is 0 Å². The summed E-state index contributed by atoms with van der Waals surface area (Å²) in [4.78, 5) is 22.8. The fraction of sp³-hybridized carbons (Fsp3) is 0.583. The number of aromatic nitrogens is 1. The first kappa shape index (κ1) is 12.6. The molecule has 1 aromatic rings. The molecule has 0 radical (unpaired) electrons. The Balaban J connectivity index is 1.92. The number of nitrogens with one attached hydrogen (secondary N) is 1. The Morgan fingerprint density at radius 1 is 1.50 bits per heavy atom. The molecule has 6 nitrogen and oxygen atoms in total. The first-order valence-corrected chi connectivity index (χ1v) is 5.76. The number of carboxylic acids is 1. The van der Waals surface area contributed by atoms with Crippen LogP contribution in [0.2, 0.25) is 0 Å². The van der Waals surface area contributed by atoms with Crippen molar-refractivity contribution in [3.8, 4) is 0 Å². The second-order valence-corrected chi connectivity index (χ2v) is 5.27. The highest BCUT2D eigenvalue weighted by Gasteiger charge is 2.65. The predicted molar refractivity (Wildman–Crippen MR) is 61.5 cm³/mol. The molecule has 98 valence electrons. The summed E-state index contributed by atoms with van der Waals surface area (Å²) in [5.74, 6) is -1.68. The summed E-state index contributed by atoms with van der Waals surface area (Å²) < 4.78 is 4.96. The zero-order valence-electron chi connectivity index (χ0n) is 10.6. The van der Waals surface area contributed by atoms with Crippen LogP contribution in [-0.2, 0) is 16.1 Å². The van der Waals surface area contributed by atoms with Crippen LogP contribution >= 0.6 is 0 Å². The lowest BCUT2D eigenvalue weighted by atomic mass is 10.1. The Hall–Kier alpha value is -1.85. The Morgan fingerprint density at radius 2 is 2.17 bits per heavy atom. The number of carbonyl (C=O) groups excluding carboxylic acids is 1. The van der Waals surface area contributed by atoms with Crippen molar-refractivity contribution in [2.45, 2.75) is 27.3 Å². The highest BCUT2D eigenvalue weighted by molar-refractivity contribution is 5.91. The molecule has 1 amide bonds. The van der Waals surface area contributed by atoms with Gasteiger partial charge in [-0.3, -0.25) is 9.59 Å². The van der Waals surface area contributed by atoms with E-state index in [1.54, 1.807) is 26.8 Å². The molecule has 1 saturated carbocycles. The number of rotatable bonds is 4. The van der Waals surface area contributed by atoms with E-state index in [1.165, 1.54) is 0 Å². The minimum atomic E-state index is -0.921. The number of amides is 1. The van der Waals surface area contributed by atoms with Crippen LogP contribution in [0, 0.1) is 24.2 Å². The van der Waals surface area contributed by atoms with Crippen molar-refractivity contribution in [1.82, 2.24) is 10.5 Å². The molecule has 0 unspecified atom stereocenters. The lowest BCUT2D eigenvalue weighted by Gasteiger charge is -2.03. The van der Waals surface area contributed by atoms with E-state index in [0.29, 0.717) is 5.76 Å². The summed E-state index contributed by atoms with van der Waals surface area (Å²) in [6.45, 7) is 5.60. The standard InChI is InChI=1S/C12H16N2O4/c1-6-4-7(18-14-6)5-13-10(15)8-9(11(16)17)12(8,2)3/h4,8-9H,5H2,1-3H3,(H,13,15)(H,16,17)/t8-,9+/m0/s1. The average molecular weight is 252 g/mol. The molecular formula is C12H16N2O4. The van der Waals surface area contributed by atoms with Crippen LogP contribution < -0.4 is 5.32 Å². The maximum absolute atomic E-state index is 11.9. The van der Waals surface area contributed by atoms with Gasteiger partial charge in [-0.15, -0.1) is 0 Å². The van der Waals surface area contributed by atoms with Gasteiger partial charge in [0.15, 0.2) is 5.76 Å². The summed E-state index contributed by atoms with van der Waals surface area (Å²) in [5, 5.41) is 15.4. The van der Waals surface area contributed by atoms with E-state index in [4.69, 9.17) is 9.63 Å². The van der Waals surface area contributed by atoms with Gasteiger partial charge in [0.1, 0.15) is 0 Å². The second kappa shape index (κ2) is 4.12. The van der Waals surface area contributed by atoms with E-state index in [9.17, 15) is 9.59 Å². The lowest BCUT2D eigenvalue weighted by molar-refractivity contribution is -0.140. The molecule has 1 aliphatic rings. The molecule has 1 aliphatic carbocycles. The minimum absolute atomic E-state index is 0.235. The third kappa shape index (κ3) is 2.10. The SMILES string of the molecule is Cc1cc(CNC(=O)[C@@H]2[C@H](C(=O)O)C2(C)C)on1. The molecule has 2 N–H and O–H groups in total. The van der Waals surface area contributed by atoms with Crippen molar-refractivity contribution in [3.05, 3.63) is 17.5 Å². The van der Waals surface area contributed by atoms with Crippen molar-refractivity contribution >= 4 is 11.9 Å². The van der Waals surface area contributed by atoms with Gasteiger partial charge in [0.25, 0.3) is 0 Å². The van der Waals surface area contributed by atoms with E-state index < -0.39 is 23.2 Å². The van der Waals surface area contributed by atoms with Crippen LogP contribution in [0.4, 0.5) is 0 Å². The molecule has 1 heterocycles. The van der Waals surface area contributed by atoms with Crippen LogP contribution in [0.25, 0.3) is 0 Å². The highest BCUT2D eigenvalue weighted by atomic mass is 16.5. The van der Waals surface area contributed by atoms with Gasteiger partial charge in [0.05, 0.1) is 24.1 Å². The molecule has 1 fully saturated rings. The van der Waals surface area contributed by atoms with Gasteiger partial charge >= 0.3 is 5.97 Å². The second-order valence-electron chi connectivity index (χ2n) is 5.27. The topological polar surface area (TPSA) is 92.4 Å². The number of aryl methyl sites for hydroxylation is 1. The van der Waals surface area contributed by atoms with Crippen LogP contribution in [0.5, 0.6) is 0 Å². The molecule has 2 rings (SSSR count). The fourth-order valence-electron chi connectivity index (χ4n) is 2.37. The lowest BCUT2D eigenvalue weighted by Crippen LogP contribution is -2.26.